The molecule has 1 heterocycles. The van der Waals surface area contributed by atoms with Crippen LogP contribution in [0.25, 0.3) is 0 Å². The Bertz CT molecular complexity index is 375. The van der Waals surface area contributed by atoms with E-state index in [1.807, 2.05) is 0 Å². The second-order valence-electron chi connectivity index (χ2n) is 4.01. The van der Waals surface area contributed by atoms with Crippen LogP contribution in [-0.2, 0) is 0 Å². The third-order valence-corrected chi connectivity index (χ3v) is 3.08. The first kappa shape index (κ1) is 15.3. The summed E-state index contributed by atoms with van der Waals surface area (Å²) in [5, 5.41) is 0.769. The van der Waals surface area contributed by atoms with Gasteiger partial charge >= 0.3 is 0 Å². The summed E-state index contributed by atoms with van der Waals surface area (Å²) >= 11 is 11.9. The number of nitrogen functional groups attached to an aromatic ring is 1. The van der Waals surface area contributed by atoms with E-state index in [9.17, 15) is 0 Å². The van der Waals surface area contributed by atoms with Crippen molar-refractivity contribution < 1.29 is 4.74 Å². The van der Waals surface area contributed by atoms with Crippen molar-refractivity contribution in [3.05, 3.63) is 16.1 Å². The zero-order valence-corrected chi connectivity index (χ0v) is 12.0. The summed E-state index contributed by atoms with van der Waals surface area (Å²) in [6, 6.07) is 1.57. The van der Waals surface area contributed by atoms with Crippen molar-refractivity contribution in [2.75, 3.05) is 12.0 Å². The van der Waals surface area contributed by atoms with Crippen molar-refractivity contribution in [1.82, 2.24) is 4.98 Å². The quantitative estimate of drug-likeness (QED) is 0.431. The highest BCUT2D eigenvalue weighted by Crippen LogP contribution is 2.30. The number of ether oxygens (including phenoxy) is 1. The van der Waals surface area contributed by atoms with Crippen molar-refractivity contribution in [2.45, 2.75) is 39.0 Å². The van der Waals surface area contributed by atoms with E-state index in [0.29, 0.717) is 28.3 Å². The van der Waals surface area contributed by atoms with Gasteiger partial charge in [0.15, 0.2) is 5.82 Å². The Morgan fingerprint density at radius 1 is 1.22 bits per heavy atom. The van der Waals surface area contributed by atoms with Crippen LogP contribution in [0.2, 0.25) is 10.0 Å². The fourth-order valence-electron chi connectivity index (χ4n) is 1.53. The van der Waals surface area contributed by atoms with Gasteiger partial charge in [0.1, 0.15) is 5.02 Å². The molecule has 0 atom stereocenters. The Morgan fingerprint density at radius 3 is 2.61 bits per heavy atom. The minimum absolute atomic E-state index is 0.363. The Balaban J connectivity index is 2.42. The van der Waals surface area contributed by atoms with E-state index < -0.39 is 0 Å². The highest BCUT2D eigenvalue weighted by atomic mass is 35.5. The number of halogens is 2. The molecule has 0 aliphatic heterocycles. The van der Waals surface area contributed by atoms with E-state index in [2.05, 4.69) is 17.3 Å². The molecule has 0 saturated heterocycles. The number of nitrogens with two attached hydrogens (primary N) is 1. The minimum Gasteiger partial charge on any atom is -0.477 e. The van der Waals surface area contributed by atoms with Crippen LogP contribution >= 0.6 is 23.2 Å². The summed E-state index contributed by atoms with van der Waals surface area (Å²) in [5.41, 5.74) is 2.40. The van der Waals surface area contributed by atoms with Gasteiger partial charge in [-0.25, -0.2) is 5.84 Å². The lowest BCUT2D eigenvalue weighted by molar-refractivity contribution is 0.294. The number of unbranched alkanes of at least 4 members (excludes halogenated alkanes) is 4. The highest BCUT2D eigenvalue weighted by molar-refractivity contribution is 6.36. The zero-order chi connectivity index (χ0) is 13.4. The standard InChI is InChI=1S/C12H19Cl2N3O/c1-2-3-4-5-6-7-18-12-10(14)8-9(13)11(16-12)17-15/h8H,2-7,15H2,1H3,(H,16,17). The van der Waals surface area contributed by atoms with Crippen LogP contribution in [0.15, 0.2) is 6.07 Å². The maximum Gasteiger partial charge on any atom is 0.234 e. The monoisotopic (exact) mass is 291 g/mol. The first-order valence-corrected chi connectivity index (χ1v) is 6.90. The summed E-state index contributed by atoms with van der Waals surface area (Å²) in [7, 11) is 0. The van der Waals surface area contributed by atoms with E-state index in [1.165, 1.54) is 19.3 Å². The molecule has 0 amide bonds. The number of rotatable bonds is 8. The van der Waals surface area contributed by atoms with Gasteiger partial charge in [0, 0.05) is 0 Å². The summed E-state index contributed by atoms with van der Waals surface area (Å²) in [6.07, 6.45) is 5.88. The third kappa shape index (κ3) is 4.88. The first-order valence-electron chi connectivity index (χ1n) is 6.14. The molecule has 3 N–H and O–H groups in total. The lowest BCUT2D eigenvalue weighted by Gasteiger charge is -2.09. The number of hydrogen-bond donors (Lipinski definition) is 2. The van der Waals surface area contributed by atoms with E-state index >= 15 is 0 Å². The highest BCUT2D eigenvalue weighted by Gasteiger charge is 2.09. The van der Waals surface area contributed by atoms with Gasteiger partial charge in [0.05, 0.1) is 11.6 Å². The Labute approximate surface area is 118 Å². The Morgan fingerprint density at radius 2 is 1.94 bits per heavy atom. The normalized spacial score (nSPS) is 10.4. The lowest BCUT2D eigenvalue weighted by atomic mass is 10.2. The van der Waals surface area contributed by atoms with Crippen LogP contribution in [0.4, 0.5) is 5.82 Å². The predicted molar refractivity (Wildman–Crippen MR) is 76.3 cm³/mol. The number of anilines is 1. The van der Waals surface area contributed by atoms with Gasteiger partial charge < -0.3 is 10.2 Å². The van der Waals surface area contributed by atoms with Crippen LogP contribution < -0.4 is 16.0 Å². The topological polar surface area (TPSA) is 60.2 Å². The largest absolute Gasteiger partial charge is 0.477 e. The van der Waals surface area contributed by atoms with Crippen LogP contribution in [0, 0.1) is 0 Å². The molecule has 6 heteroatoms. The SMILES string of the molecule is CCCCCCCOc1nc(NN)c(Cl)cc1Cl. The molecule has 0 fully saturated rings. The summed E-state index contributed by atoms with van der Waals surface area (Å²) in [5.74, 6) is 6.01. The van der Waals surface area contributed by atoms with Crippen molar-refractivity contribution in [1.29, 1.82) is 0 Å². The number of aromatic nitrogens is 1. The molecule has 0 aliphatic rings. The summed E-state index contributed by atoms with van der Waals surface area (Å²) in [6.45, 7) is 2.79. The molecule has 1 aromatic heterocycles. The average Bonchev–Trinajstić information content (AvgIpc) is 2.36. The predicted octanol–water partition coefficient (Wildman–Crippen LogP) is 4.02. The second-order valence-corrected chi connectivity index (χ2v) is 4.83. The molecule has 0 aromatic carbocycles. The van der Waals surface area contributed by atoms with Crippen LogP contribution in [-0.4, -0.2) is 11.6 Å². The molecule has 0 spiro atoms. The molecule has 1 aromatic rings. The molecule has 0 unspecified atom stereocenters. The average molecular weight is 292 g/mol. The number of hydrazine groups is 1. The molecule has 0 radical (unpaired) electrons. The lowest BCUT2D eigenvalue weighted by Crippen LogP contribution is -2.10. The van der Waals surface area contributed by atoms with Crippen LogP contribution in [0.5, 0.6) is 5.88 Å². The Kier molecular flexibility index (Phi) is 7.16. The van der Waals surface area contributed by atoms with E-state index in [-0.39, 0.29) is 0 Å². The number of nitrogens with one attached hydrogen (secondary N) is 1. The molecule has 4 nitrogen and oxygen atoms in total. The molecular formula is C12H19Cl2N3O. The number of nitrogens with zero attached hydrogens (tertiary/aromatic N) is 1. The van der Waals surface area contributed by atoms with Crippen molar-refractivity contribution >= 4 is 29.0 Å². The van der Waals surface area contributed by atoms with Gasteiger partial charge in [-0.3, -0.25) is 0 Å². The molecule has 102 valence electrons. The molecule has 0 aliphatic carbocycles. The van der Waals surface area contributed by atoms with Crippen molar-refractivity contribution in [3.8, 4) is 5.88 Å². The van der Waals surface area contributed by atoms with E-state index in [4.69, 9.17) is 33.8 Å². The molecule has 0 bridgehead atoms. The van der Waals surface area contributed by atoms with Gasteiger partial charge in [0.25, 0.3) is 0 Å². The van der Waals surface area contributed by atoms with Crippen molar-refractivity contribution in [3.63, 3.8) is 0 Å². The van der Waals surface area contributed by atoms with E-state index in [1.54, 1.807) is 6.07 Å². The second kappa shape index (κ2) is 8.40. The summed E-state index contributed by atoms with van der Waals surface area (Å²) in [4.78, 5) is 4.10. The maximum atomic E-state index is 5.98. The smallest absolute Gasteiger partial charge is 0.234 e. The molecule has 1 rings (SSSR count). The minimum atomic E-state index is 0.363. The molecule has 0 saturated carbocycles. The molecular weight excluding hydrogens is 273 g/mol. The van der Waals surface area contributed by atoms with Gasteiger partial charge in [-0.1, -0.05) is 55.8 Å². The molecule has 18 heavy (non-hydrogen) atoms. The van der Waals surface area contributed by atoms with Crippen LogP contribution in [0.1, 0.15) is 39.0 Å². The summed E-state index contributed by atoms with van der Waals surface area (Å²) < 4.78 is 5.52. The zero-order valence-electron chi connectivity index (χ0n) is 10.5. The van der Waals surface area contributed by atoms with Gasteiger partial charge in [-0.05, 0) is 12.5 Å². The fourth-order valence-corrected chi connectivity index (χ4v) is 1.99. The third-order valence-electron chi connectivity index (χ3n) is 2.52. The fraction of sp³-hybridized carbons (Fsp3) is 0.583. The first-order chi connectivity index (χ1) is 8.69. The van der Waals surface area contributed by atoms with Crippen LogP contribution in [0.3, 0.4) is 0 Å². The van der Waals surface area contributed by atoms with Crippen molar-refractivity contribution in [2.24, 2.45) is 5.84 Å². The van der Waals surface area contributed by atoms with Gasteiger partial charge in [-0.15, -0.1) is 0 Å². The number of hydrogen-bond acceptors (Lipinski definition) is 4. The maximum absolute atomic E-state index is 5.98. The number of pyridine rings is 1. The van der Waals surface area contributed by atoms with E-state index in [0.717, 1.165) is 12.8 Å². The van der Waals surface area contributed by atoms with Gasteiger partial charge in [0.2, 0.25) is 5.88 Å². The Hall–Kier alpha value is -0.710. The van der Waals surface area contributed by atoms with Gasteiger partial charge in [-0.2, -0.15) is 4.98 Å².